The molecule has 0 aromatic heterocycles. The van der Waals surface area contributed by atoms with Gasteiger partial charge < -0.3 is 9.45 Å². The first kappa shape index (κ1) is 31.9. The number of nitrogens with zero attached hydrogens (tertiary/aromatic N) is 2. The van der Waals surface area contributed by atoms with Crippen LogP contribution in [0.3, 0.4) is 0 Å². The van der Waals surface area contributed by atoms with E-state index in [2.05, 4.69) is 92.6 Å². The van der Waals surface area contributed by atoms with Crippen molar-refractivity contribution in [1.82, 2.24) is 4.90 Å². The number of carbonyl (C=O) groups excluding carboxylic acids is 1. The van der Waals surface area contributed by atoms with Gasteiger partial charge in [0.2, 0.25) is 5.91 Å². The molecule has 1 unspecified atom stereocenters. The van der Waals surface area contributed by atoms with Gasteiger partial charge in [0, 0.05) is 34.8 Å². The molecule has 8 heteroatoms. The number of carbonyl (C=O) groups is 1. The SMILES string of the molecule is C=C=C.C=C=C=C=C=CC(Br)=C=C.O=C(CN1c2ccc(Br)cc2-c2ccccc2[S+]1(=O)[O-])N1CCCCC1. The van der Waals surface area contributed by atoms with E-state index >= 15 is 0 Å². The third-order valence-electron chi connectivity index (χ3n) is 5.55. The van der Waals surface area contributed by atoms with E-state index in [0.29, 0.717) is 24.3 Å². The molecule has 39 heavy (non-hydrogen) atoms. The number of hydrogen-bond acceptors (Lipinski definition) is 3. The summed E-state index contributed by atoms with van der Waals surface area (Å²) in [5, 5.41) is 0. The number of likely N-dealkylation sites (tertiary alicyclic amines) is 1. The minimum atomic E-state index is -3.77. The molecular weight excluding hydrogens is 640 g/mol. The van der Waals surface area contributed by atoms with Gasteiger partial charge in [0.05, 0.1) is 10.2 Å². The van der Waals surface area contributed by atoms with Crippen LogP contribution < -0.4 is 4.31 Å². The Kier molecular flexibility index (Phi) is 13.0. The van der Waals surface area contributed by atoms with E-state index in [9.17, 15) is 13.6 Å². The van der Waals surface area contributed by atoms with Crippen LogP contribution in [0.25, 0.3) is 11.1 Å². The van der Waals surface area contributed by atoms with E-state index in [0.717, 1.165) is 33.8 Å². The molecule has 2 aromatic rings. The zero-order chi connectivity index (χ0) is 28.8. The van der Waals surface area contributed by atoms with Gasteiger partial charge in [-0.15, -0.1) is 11.5 Å². The number of fused-ring (bicyclic) bond motifs is 3. The molecule has 2 heterocycles. The number of anilines is 1. The first-order chi connectivity index (χ1) is 18.7. The second-order valence-electron chi connectivity index (χ2n) is 8.10. The van der Waals surface area contributed by atoms with Crippen LogP contribution in [0.2, 0.25) is 0 Å². The summed E-state index contributed by atoms with van der Waals surface area (Å²) in [5.41, 5.74) is 17.0. The molecule has 1 amide bonds. The molecule has 2 aliphatic rings. The zero-order valence-corrected chi connectivity index (χ0v) is 25.5. The molecule has 1 fully saturated rings. The van der Waals surface area contributed by atoms with Crippen LogP contribution in [0.1, 0.15) is 19.3 Å². The Bertz CT molecular complexity index is 1500. The van der Waals surface area contributed by atoms with E-state index in [1.165, 1.54) is 4.31 Å². The molecule has 2 aliphatic heterocycles. The summed E-state index contributed by atoms with van der Waals surface area (Å²) in [7, 11) is -3.77. The van der Waals surface area contributed by atoms with Gasteiger partial charge >= 0.3 is 0 Å². The van der Waals surface area contributed by atoms with Gasteiger partial charge in [-0.05, 0) is 83.6 Å². The summed E-state index contributed by atoms with van der Waals surface area (Å²) in [6.45, 7) is 14.2. The second kappa shape index (κ2) is 15.9. The molecule has 200 valence electrons. The van der Waals surface area contributed by atoms with Crippen LogP contribution in [0.15, 0.2) is 123 Å². The highest BCUT2D eigenvalue weighted by molar-refractivity contribution is 9.11. The molecule has 0 spiro atoms. The number of sulfonamides is 1. The third-order valence-corrected chi connectivity index (χ3v) is 8.37. The van der Waals surface area contributed by atoms with Crippen molar-refractivity contribution >= 4 is 53.9 Å². The highest BCUT2D eigenvalue weighted by Gasteiger charge is 2.41. The van der Waals surface area contributed by atoms with Crippen molar-refractivity contribution in [3.8, 4) is 11.1 Å². The Hall–Kier alpha value is -3.32. The molecule has 4 rings (SSSR count). The molecule has 1 saturated heterocycles. The van der Waals surface area contributed by atoms with Crippen molar-refractivity contribution in [3.63, 3.8) is 0 Å². The van der Waals surface area contributed by atoms with Crippen molar-refractivity contribution in [2.75, 3.05) is 23.9 Å². The summed E-state index contributed by atoms with van der Waals surface area (Å²) in [5.74, 6) is -0.137. The number of hydrogen-bond donors (Lipinski definition) is 0. The topological polar surface area (TPSA) is 63.7 Å². The Balaban J connectivity index is 0.000000346. The summed E-state index contributed by atoms with van der Waals surface area (Å²) in [6, 6.07) is 12.4. The zero-order valence-electron chi connectivity index (χ0n) is 21.5. The van der Waals surface area contributed by atoms with Gasteiger partial charge in [0.25, 0.3) is 0 Å². The molecule has 0 bridgehead atoms. The van der Waals surface area contributed by atoms with Crippen molar-refractivity contribution < 1.29 is 13.6 Å². The predicted molar refractivity (Wildman–Crippen MR) is 165 cm³/mol. The molecule has 2 aromatic carbocycles. The lowest BCUT2D eigenvalue weighted by atomic mass is 10.0. The van der Waals surface area contributed by atoms with E-state index in [-0.39, 0.29) is 17.3 Å². The molecule has 1 atom stereocenters. The number of rotatable bonds is 3. The van der Waals surface area contributed by atoms with Gasteiger partial charge in [0.15, 0.2) is 15.3 Å². The van der Waals surface area contributed by atoms with Crippen molar-refractivity contribution in [1.29, 1.82) is 0 Å². The quantitative estimate of drug-likeness (QED) is 0.192. The first-order valence-electron chi connectivity index (χ1n) is 11.9. The molecule has 0 N–H and O–H groups in total. The smallest absolute Gasteiger partial charge is 0.246 e. The fraction of sp³-hybridized carbons (Fsp3) is 0.194. The van der Waals surface area contributed by atoms with Crippen LogP contribution in [0, 0.1) is 0 Å². The highest BCUT2D eigenvalue weighted by Crippen LogP contribution is 2.45. The van der Waals surface area contributed by atoms with E-state index in [1.807, 2.05) is 18.2 Å². The minimum Gasteiger partial charge on any atom is -0.588 e. The lowest BCUT2D eigenvalue weighted by molar-refractivity contribution is -0.130. The van der Waals surface area contributed by atoms with E-state index in [1.54, 1.807) is 35.2 Å². The molecule has 0 aliphatic carbocycles. The molecular formula is C31H28Br2N2O3S. The average Bonchev–Trinajstić information content (AvgIpc) is 2.94. The predicted octanol–water partition coefficient (Wildman–Crippen LogP) is 7.67. The number of piperidine rings is 1. The first-order valence-corrected chi connectivity index (χ1v) is 14.9. The van der Waals surface area contributed by atoms with Gasteiger partial charge in [-0.1, -0.05) is 63.5 Å². The Morgan fingerprint density at radius 3 is 2.33 bits per heavy atom. The Labute approximate surface area is 248 Å². The van der Waals surface area contributed by atoms with Crippen molar-refractivity contribution in [2.24, 2.45) is 0 Å². The summed E-state index contributed by atoms with van der Waals surface area (Å²) >= 11 is 6.61. The number of amides is 1. The van der Waals surface area contributed by atoms with Crippen LogP contribution in [0.4, 0.5) is 5.69 Å². The lowest BCUT2D eigenvalue weighted by Crippen LogP contribution is -2.48. The monoisotopic (exact) mass is 666 g/mol. The second-order valence-corrected chi connectivity index (χ2v) is 11.7. The number of benzene rings is 2. The van der Waals surface area contributed by atoms with Crippen LogP contribution in [0.5, 0.6) is 0 Å². The fourth-order valence-corrected chi connectivity index (χ4v) is 5.99. The van der Waals surface area contributed by atoms with Gasteiger partial charge in [-0.2, -0.15) is 4.31 Å². The normalized spacial score (nSPS) is 16.2. The highest BCUT2D eigenvalue weighted by atomic mass is 79.9. The Morgan fingerprint density at radius 1 is 1.03 bits per heavy atom. The number of halogens is 2. The standard InChI is InChI=1S/C19H19BrN2O3S.C9H5Br.C3H4/c20-14-8-9-17-16(12-14)15-6-2-3-7-18(15)26(24,25)22(17)13-19(23)21-10-4-1-5-11-21;1-3-5-6-7-8-9(10)4-2;1-3-2/h2-3,6-9,12H,1,4-5,10-11,13H2;8H,1-2H2;1-2H2. The summed E-state index contributed by atoms with van der Waals surface area (Å²) in [4.78, 5) is 14.8. The molecule has 5 nitrogen and oxygen atoms in total. The third kappa shape index (κ3) is 8.85. The Morgan fingerprint density at radius 2 is 1.69 bits per heavy atom. The maximum Gasteiger partial charge on any atom is 0.246 e. The van der Waals surface area contributed by atoms with Crippen molar-refractivity contribution in [2.45, 2.75) is 24.2 Å². The fourth-order valence-electron chi connectivity index (χ4n) is 3.87. The average molecular weight is 668 g/mol. The van der Waals surface area contributed by atoms with Crippen LogP contribution in [-0.2, 0) is 19.4 Å². The molecule has 0 saturated carbocycles. The van der Waals surface area contributed by atoms with Crippen LogP contribution in [-0.4, -0.2) is 35.0 Å². The van der Waals surface area contributed by atoms with Gasteiger partial charge in [-0.25, -0.2) is 0 Å². The van der Waals surface area contributed by atoms with Crippen LogP contribution >= 0.6 is 31.9 Å². The maximum atomic E-state index is 13.2. The minimum absolute atomic E-state index is 0.137. The van der Waals surface area contributed by atoms with E-state index < -0.39 is 10.4 Å². The van der Waals surface area contributed by atoms with Gasteiger partial charge in [0.1, 0.15) is 6.54 Å². The largest absolute Gasteiger partial charge is 0.588 e. The maximum absolute atomic E-state index is 13.2. The molecule has 0 radical (unpaired) electrons. The van der Waals surface area contributed by atoms with Gasteiger partial charge in [-0.3, -0.25) is 4.79 Å². The van der Waals surface area contributed by atoms with E-state index in [4.69, 9.17) is 0 Å². The summed E-state index contributed by atoms with van der Waals surface area (Å²) in [6.07, 6.45) is 4.70. The summed E-state index contributed by atoms with van der Waals surface area (Å²) < 4.78 is 29.3. The lowest BCUT2D eigenvalue weighted by Gasteiger charge is -2.36. The van der Waals surface area contributed by atoms with Crippen molar-refractivity contribution in [3.05, 3.63) is 118 Å². The number of allylic oxidation sites excluding steroid dienone is 2.